The van der Waals surface area contributed by atoms with E-state index in [0.717, 1.165) is 0 Å². The molecule has 20 heavy (non-hydrogen) atoms. The maximum Gasteiger partial charge on any atom is 0.326 e. The Bertz CT molecular complexity index is 575. The van der Waals surface area contributed by atoms with E-state index in [9.17, 15) is 9.59 Å². The molecule has 1 aliphatic rings. The molecule has 1 aromatic rings. The van der Waals surface area contributed by atoms with Crippen LogP contribution in [0.25, 0.3) is 0 Å². The van der Waals surface area contributed by atoms with Crippen LogP contribution in [0.3, 0.4) is 0 Å². The molecule has 4 nitrogen and oxygen atoms in total. The standard InChI is InChI=1S/C16H17NO3/c1-11-8-9-17(12(2)16(19)20)10-14(11)15(18)13-6-4-3-5-7-13/h3-12H,1-2H3,(H,19,20). The van der Waals surface area contributed by atoms with Crippen LogP contribution in [0.4, 0.5) is 0 Å². The van der Waals surface area contributed by atoms with Crippen molar-refractivity contribution in [3.05, 3.63) is 59.9 Å². The molecule has 0 spiro atoms. The smallest absolute Gasteiger partial charge is 0.326 e. The minimum atomic E-state index is -0.924. The maximum atomic E-state index is 12.5. The zero-order valence-corrected chi connectivity index (χ0v) is 11.5. The first-order valence-corrected chi connectivity index (χ1v) is 6.50. The van der Waals surface area contributed by atoms with E-state index < -0.39 is 12.0 Å². The number of aliphatic carboxylic acids is 1. The van der Waals surface area contributed by atoms with Gasteiger partial charge in [0.15, 0.2) is 5.78 Å². The van der Waals surface area contributed by atoms with E-state index in [1.165, 1.54) is 0 Å². The van der Waals surface area contributed by atoms with Crippen LogP contribution >= 0.6 is 0 Å². The van der Waals surface area contributed by atoms with Gasteiger partial charge in [-0.25, -0.2) is 4.79 Å². The molecular formula is C16H17NO3. The van der Waals surface area contributed by atoms with E-state index >= 15 is 0 Å². The van der Waals surface area contributed by atoms with Gasteiger partial charge in [-0.1, -0.05) is 43.3 Å². The highest BCUT2D eigenvalue weighted by Crippen LogP contribution is 2.24. The van der Waals surface area contributed by atoms with Crippen molar-refractivity contribution in [1.82, 2.24) is 4.90 Å². The fourth-order valence-corrected chi connectivity index (χ4v) is 2.04. The van der Waals surface area contributed by atoms with Gasteiger partial charge in [-0.15, -0.1) is 0 Å². The molecular weight excluding hydrogens is 254 g/mol. The van der Waals surface area contributed by atoms with Gasteiger partial charge in [-0.05, 0) is 6.92 Å². The number of rotatable bonds is 4. The molecule has 0 bridgehead atoms. The van der Waals surface area contributed by atoms with Gasteiger partial charge in [0.1, 0.15) is 6.04 Å². The fourth-order valence-electron chi connectivity index (χ4n) is 2.04. The summed E-state index contributed by atoms with van der Waals surface area (Å²) in [7, 11) is 0. The van der Waals surface area contributed by atoms with E-state index in [0.29, 0.717) is 11.1 Å². The monoisotopic (exact) mass is 271 g/mol. The molecule has 0 saturated heterocycles. The van der Waals surface area contributed by atoms with Gasteiger partial charge >= 0.3 is 5.97 Å². The highest BCUT2D eigenvalue weighted by molar-refractivity contribution is 6.09. The lowest BCUT2D eigenvalue weighted by Gasteiger charge is -2.27. The molecule has 1 aromatic carbocycles. The van der Waals surface area contributed by atoms with Crippen molar-refractivity contribution in [3.63, 3.8) is 0 Å². The normalized spacial score (nSPS) is 19.4. The molecule has 0 aliphatic carbocycles. The number of allylic oxidation sites excluding steroid dienone is 2. The van der Waals surface area contributed by atoms with Crippen molar-refractivity contribution in [2.24, 2.45) is 5.92 Å². The predicted molar refractivity (Wildman–Crippen MR) is 76.1 cm³/mol. The minimum Gasteiger partial charge on any atom is -0.480 e. The van der Waals surface area contributed by atoms with E-state index in [1.807, 2.05) is 31.2 Å². The Morgan fingerprint density at radius 1 is 1.25 bits per heavy atom. The molecule has 2 rings (SSSR count). The molecule has 1 aliphatic heterocycles. The molecule has 1 N–H and O–H groups in total. The Balaban J connectivity index is 2.29. The summed E-state index contributed by atoms with van der Waals surface area (Å²) < 4.78 is 0. The van der Waals surface area contributed by atoms with Crippen LogP contribution in [0.5, 0.6) is 0 Å². The molecule has 0 aromatic heterocycles. The van der Waals surface area contributed by atoms with Gasteiger partial charge in [0.25, 0.3) is 0 Å². The van der Waals surface area contributed by atoms with Crippen molar-refractivity contribution < 1.29 is 14.7 Å². The molecule has 4 heteroatoms. The molecule has 2 atom stereocenters. The Labute approximate surface area is 118 Å². The van der Waals surface area contributed by atoms with Gasteiger partial charge in [0, 0.05) is 29.5 Å². The second kappa shape index (κ2) is 5.74. The lowest BCUT2D eigenvalue weighted by molar-refractivity contribution is -0.140. The third-order valence-corrected chi connectivity index (χ3v) is 3.43. The lowest BCUT2D eigenvalue weighted by Crippen LogP contribution is -2.34. The number of Topliss-reactive ketones (excluding diaryl/α,β-unsaturated/α-hetero) is 1. The summed E-state index contributed by atoms with van der Waals surface area (Å²) in [5, 5.41) is 9.05. The SMILES string of the molecule is CC1C=CN(C(C)C(=O)O)C=C1C(=O)c1ccccc1. The van der Waals surface area contributed by atoms with E-state index in [-0.39, 0.29) is 11.7 Å². The minimum absolute atomic E-state index is 0.0278. The third-order valence-electron chi connectivity index (χ3n) is 3.43. The summed E-state index contributed by atoms with van der Waals surface area (Å²) in [5.74, 6) is -1.02. The quantitative estimate of drug-likeness (QED) is 0.855. The highest BCUT2D eigenvalue weighted by atomic mass is 16.4. The Morgan fingerprint density at radius 3 is 2.50 bits per heavy atom. The summed E-state index contributed by atoms with van der Waals surface area (Å²) in [6.07, 6.45) is 5.19. The van der Waals surface area contributed by atoms with Gasteiger partial charge in [-0.2, -0.15) is 0 Å². The number of benzene rings is 1. The fraction of sp³-hybridized carbons (Fsp3) is 0.250. The zero-order chi connectivity index (χ0) is 14.7. The number of hydrogen-bond donors (Lipinski definition) is 1. The average molecular weight is 271 g/mol. The Morgan fingerprint density at radius 2 is 1.90 bits per heavy atom. The van der Waals surface area contributed by atoms with Crippen LogP contribution in [-0.4, -0.2) is 27.8 Å². The number of nitrogens with zero attached hydrogens (tertiary/aromatic N) is 1. The number of hydrogen-bond acceptors (Lipinski definition) is 3. The van der Waals surface area contributed by atoms with E-state index in [1.54, 1.807) is 36.4 Å². The highest BCUT2D eigenvalue weighted by Gasteiger charge is 2.24. The number of ketones is 1. The molecule has 0 amide bonds. The molecule has 1 heterocycles. The van der Waals surface area contributed by atoms with Crippen LogP contribution in [0.15, 0.2) is 54.4 Å². The van der Waals surface area contributed by atoms with Crippen LogP contribution in [0.2, 0.25) is 0 Å². The topological polar surface area (TPSA) is 57.6 Å². The van der Waals surface area contributed by atoms with Crippen LogP contribution in [0, 0.1) is 5.92 Å². The summed E-state index contributed by atoms with van der Waals surface area (Å²) in [6.45, 7) is 3.51. The largest absolute Gasteiger partial charge is 0.480 e. The predicted octanol–water partition coefficient (Wildman–Crippen LogP) is 2.69. The second-order valence-corrected chi connectivity index (χ2v) is 4.87. The van der Waals surface area contributed by atoms with Crippen LogP contribution < -0.4 is 0 Å². The molecule has 2 unspecified atom stereocenters. The molecule has 0 fully saturated rings. The Hall–Kier alpha value is -2.36. The average Bonchev–Trinajstić information content (AvgIpc) is 2.47. The van der Waals surface area contributed by atoms with Crippen molar-refractivity contribution in [2.45, 2.75) is 19.9 Å². The van der Waals surface area contributed by atoms with E-state index in [2.05, 4.69) is 0 Å². The van der Waals surface area contributed by atoms with Crippen molar-refractivity contribution in [3.8, 4) is 0 Å². The number of carbonyl (C=O) groups excluding carboxylic acids is 1. The molecule has 0 radical (unpaired) electrons. The first-order chi connectivity index (χ1) is 9.50. The molecule has 104 valence electrons. The maximum absolute atomic E-state index is 12.5. The van der Waals surface area contributed by atoms with Gasteiger partial charge < -0.3 is 10.0 Å². The second-order valence-electron chi connectivity index (χ2n) is 4.87. The van der Waals surface area contributed by atoms with E-state index in [4.69, 9.17) is 5.11 Å². The summed E-state index contributed by atoms with van der Waals surface area (Å²) in [4.78, 5) is 25.1. The summed E-state index contributed by atoms with van der Waals surface area (Å²) >= 11 is 0. The van der Waals surface area contributed by atoms with Gasteiger partial charge in [0.2, 0.25) is 0 Å². The molecule has 0 saturated carbocycles. The first-order valence-electron chi connectivity index (χ1n) is 6.50. The zero-order valence-electron chi connectivity index (χ0n) is 11.5. The summed E-state index contributed by atoms with van der Waals surface area (Å²) in [5.41, 5.74) is 1.22. The number of carbonyl (C=O) groups is 2. The van der Waals surface area contributed by atoms with Crippen LogP contribution in [0.1, 0.15) is 24.2 Å². The van der Waals surface area contributed by atoms with Gasteiger partial charge in [-0.3, -0.25) is 4.79 Å². The van der Waals surface area contributed by atoms with Crippen LogP contribution in [-0.2, 0) is 4.79 Å². The van der Waals surface area contributed by atoms with Crippen molar-refractivity contribution in [2.75, 3.05) is 0 Å². The summed E-state index contributed by atoms with van der Waals surface area (Å²) in [6, 6.07) is 8.31. The van der Waals surface area contributed by atoms with Gasteiger partial charge in [0.05, 0.1) is 0 Å². The number of carboxylic acid groups (broad SMARTS) is 1. The third kappa shape index (κ3) is 2.79. The Kier molecular flexibility index (Phi) is 4.03. The van der Waals surface area contributed by atoms with Crippen molar-refractivity contribution in [1.29, 1.82) is 0 Å². The lowest BCUT2D eigenvalue weighted by atomic mass is 9.92. The number of carboxylic acids is 1. The first kappa shape index (κ1) is 14.1. The van der Waals surface area contributed by atoms with Crippen molar-refractivity contribution >= 4 is 11.8 Å².